The molecule has 0 saturated heterocycles. The van der Waals surface area contributed by atoms with Gasteiger partial charge in [-0.1, -0.05) is 24.3 Å². The quantitative estimate of drug-likeness (QED) is 0.189. The van der Waals surface area contributed by atoms with Crippen LogP contribution in [0.3, 0.4) is 0 Å². The summed E-state index contributed by atoms with van der Waals surface area (Å²) in [6.45, 7) is -0.105. The molecule has 4 aliphatic rings. The second-order valence-electron chi connectivity index (χ2n) is 11.8. The summed E-state index contributed by atoms with van der Waals surface area (Å²) in [5.41, 5.74) is -0.579. The Balaban J connectivity index is 0.000000280. The highest BCUT2D eigenvalue weighted by molar-refractivity contribution is 6.02. The molecule has 6 rings (SSSR count). The predicted octanol–water partition coefficient (Wildman–Crippen LogP) is 5.99. The number of nitrogens with one attached hydrogen (secondary N) is 2. The minimum absolute atomic E-state index is 0. The third-order valence-electron chi connectivity index (χ3n) is 8.86. The van der Waals surface area contributed by atoms with Crippen molar-refractivity contribution in [3.63, 3.8) is 0 Å². The van der Waals surface area contributed by atoms with Gasteiger partial charge in [-0.15, -0.1) is 0 Å². The van der Waals surface area contributed by atoms with E-state index >= 15 is 0 Å². The topological polar surface area (TPSA) is 129 Å². The molecule has 2 aromatic rings. The number of hydrogen-bond donors (Lipinski definition) is 2. The lowest BCUT2D eigenvalue weighted by Gasteiger charge is -2.29. The molecular weight excluding hydrogens is 702 g/mol. The molecule has 0 fully saturated rings. The van der Waals surface area contributed by atoms with Crippen molar-refractivity contribution in [2.75, 3.05) is 40.8 Å². The van der Waals surface area contributed by atoms with E-state index in [1.807, 2.05) is 0 Å². The van der Waals surface area contributed by atoms with Crippen LogP contribution in [0.2, 0.25) is 0 Å². The molecular formula is C36H36F6N2O8. The number of benzene rings is 2. The van der Waals surface area contributed by atoms with Gasteiger partial charge >= 0.3 is 23.9 Å². The third kappa shape index (κ3) is 6.64. The Morgan fingerprint density at radius 2 is 1.12 bits per heavy atom. The van der Waals surface area contributed by atoms with Gasteiger partial charge in [0.15, 0.2) is 0 Å². The van der Waals surface area contributed by atoms with Crippen LogP contribution in [0.15, 0.2) is 81.5 Å². The Labute approximate surface area is 296 Å². The fraction of sp³-hybridized carbons (Fsp3) is 0.333. The molecule has 0 unspecified atom stereocenters. The minimum Gasteiger partial charge on any atom is -0.466 e. The molecule has 4 atom stereocenters. The molecule has 10 nitrogen and oxygen atoms in total. The Morgan fingerprint density at radius 3 is 1.42 bits per heavy atom. The Kier molecular flexibility index (Phi) is 11.1. The summed E-state index contributed by atoms with van der Waals surface area (Å²) in [4.78, 5) is 49.1. The number of esters is 4. The number of halogens is 6. The first-order valence-corrected chi connectivity index (χ1v) is 15.7. The summed E-state index contributed by atoms with van der Waals surface area (Å²) in [6.07, 6.45) is -3.43. The minimum atomic E-state index is -1.71. The fourth-order valence-electron chi connectivity index (χ4n) is 6.74. The molecule has 4 aliphatic heterocycles. The summed E-state index contributed by atoms with van der Waals surface area (Å²) in [5, 5.41) is 5.35. The molecule has 280 valence electrons. The number of carbonyl (C=O) groups excluding carboxylic acids is 4. The second-order valence-corrected chi connectivity index (χ2v) is 11.8. The highest BCUT2D eigenvalue weighted by atomic mass is 19.2. The van der Waals surface area contributed by atoms with Crippen molar-refractivity contribution >= 4 is 23.9 Å². The summed E-state index contributed by atoms with van der Waals surface area (Å²) in [6, 6.07) is 7.64. The van der Waals surface area contributed by atoms with Crippen molar-refractivity contribution in [3.8, 4) is 0 Å². The van der Waals surface area contributed by atoms with Gasteiger partial charge in [0.2, 0.25) is 0 Å². The zero-order chi connectivity index (χ0) is 38.0. The number of rotatable bonds is 8. The van der Waals surface area contributed by atoms with E-state index in [4.69, 9.17) is 18.9 Å². The van der Waals surface area contributed by atoms with Crippen molar-refractivity contribution in [1.29, 1.82) is 0 Å². The van der Waals surface area contributed by atoms with Crippen molar-refractivity contribution in [1.82, 2.24) is 10.6 Å². The van der Waals surface area contributed by atoms with E-state index in [0.29, 0.717) is 0 Å². The van der Waals surface area contributed by atoms with Crippen molar-refractivity contribution in [3.05, 3.63) is 115 Å². The van der Waals surface area contributed by atoms with Crippen LogP contribution in [-0.2, 0) is 38.1 Å². The number of allylic oxidation sites excluding steroid dienone is 2. The highest BCUT2D eigenvalue weighted by Crippen LogP contribution is 2.46. The zero-order valence-corrected chi connectivity index (χ0v) is 28.1. The Hall–Kier alpha value is -5.54. The maximum absolute atomic E-state index is 14.3. The van der Waals surface area contributed by atoms with Crippen LogP contribution in [0.5, 0.6) is 0 Å². The summed E-state index contributed by atoms with van der Waals surface area (Å²) in [7, 11) is 2.20. The molecule has 0 saturated carbocycles. The van der Waals surface area contributed by atoms with Crippen molar-refractivity contribution in [2.24, 2.45) is 0 Å². The zero-order valence-electron chi connectivity index (χ0n) is 28.1. The number of dihydropyridines is 2. The highest BCUT2D eigenvalue weighted by Gasteiger charge is 2.45. The van der Waals surface area contributed by atoms with Crippen molar-refractivity contribution in [2.45, 2.75) is 38.0 Å². The lowest BCUT2D eigenvalue weighted by molar-refractivity contribution is -0.138. The standard InChI is InChI=1S/2C18H16F3NO4.2H2/c2*1-8(20)13-9(4-3-5-10(13)21)14-15(17(23)25-2)11(6-19)22-12-7-26-18(24)16(12)14;;/h2*3-5,8,14,22H,6-7H2,1-2H3;2*1H/t8-,14+;8-,14-;;/m10../s1. The molecule has 2 N–H and O–H groups in total. The molecule has 0 aliphatic carbocycles. The second kappa shape index (κ2) is 15.4. The first-order chi connectivity index (χ1) is 24.8. The molecule has 0 aromatic heterocycles. The molecule has 0 bridgehead atoms. The van der Waals surface area contributed by atoms with Gasteiger partial charge in [-0.05, 0) is 37.1 Å². The number of methoxy groups -OCH3 is 2. The van der Waals surface area contributed by atoms with Crippen LogP contribution in [0.4, 0.5) is 26.3 Å². The average molecular weight is 739 g/mol. The molecule has 52 heavy (non-hydrogen) atoms. The Morgan fingerprint density at radius 1 is 0.750 bits per heavy atom. The number of hydrogen-bond acceptors (Lipinski definition) is 10. The molecule has 0 radical (unpaired) electrons. The van der Waals surface area contributed by atoms with Crippen LogP contribution >= 0.6 is 0 Å². The van der Waals surface area contributed by atoms with Gasteiger partial charge in [0, 0.05) is 14.0 Å². The van der Waals surface area contributed by atoms with E-state index in [-0.39, 0.29) is 83.4 Å². The molecule has 0 amide bonds. The van der Waals surface area contributed by atoms with E-state index < -0.39 is 73.0 Å². The van der Waals surface area contributed by atoms with Crippen LogP contribution in [-0.4, -0.2) is 64.7 Å². The van der Waals surface area contributed by atoms with Crippen LogP contribution in [0.1, 0.15) is 63.1 Å². The summed E-state index contributed by atoms with van der Waals surface area (Å²) >= 11 is 0. The Bertz CT molecular complexity index is 1840. The van der Waals surface area contributed by atoms with E-state index in [1.165, 1.54) is 24.3 Å². The number of cyclic esters (lactones) is 2. The number of alkyl halides is 4. The summed E-state index contributed by atoms with van der Waals surface area (Å²) in [5.74, 6) is -7.30. The maximum atomic E-state index is 14.3. The molecule has 2 aromatic carbocycles. The molecule has 4 heterocycles. The van der Waals surface area contributed by atoms with E-state index in [2.05, 4.69) is 10.6 Å². The van der Waals surface area contributed by atoms with Gasteiger partial charge in [-0.3, -0.25) is 0 Å². The van der Waals surface area contributed by atoms with Gasteiger partial charge in [-0.2, -0.15) is 0 Å². The van der Waals surface area contributed by atoms with E-state index in [9.17, 15) is 45.5 Å². The molecule has 16 heteroatoms. The first kappa shape index (κ1) is 37.7. The largest absolute Gasteiger partial charge is 0.466 e. The third-order valence-corrected chi connectivity index (χ3v) is 8.86. The van der Waals surface area contributed by atoms with Gasteiger partial charge in [0.25, 0.3) is 0 Å². The SMILES string of the molecule is COC(=O)C1=C(CF)NC2=C(C(=O)OC2)[C@H]1c1cccc(F)c1[C@@H](C)F.COC(=O)C1=C(CF)NC2=C(C(=O)OC2)[C@H]1c1cccc(F)c1[C@H](C)F.[HH].[HH]. The van der Waals surface area contributed by atoms with Crippen LogP contribution in [0.25, 0.3) is 0 Å². The fourth-order valence-corrected chi connectivity index (χ4v) is 6.74. The number of carbonyl (C=O) groups is 4. The normalized spacial score (nSPS) is 20.5. The monoisotopic (exact) mass is 738 g/mol. The van der Waals surface area contributed by atoms with Gasteiger partial charge < -0.3 is 29.6 Å². The van der Waals surface area contributed by atoms with Gasteiger partial charge in [0.1, 0.15) is 50.5 Å². The number of ether oxygens (including phenoxy) is 4. The summed E-state index contributed by atoms with van der Waals surface area (Å²) < 4.78 is 103. The van der Waals surface area contributed by atoms with Crippen LogP contribution < -0.4 is 10.6 Å². The van der Waals surface area contributed by atoms with E-state index in [1.54, 1.807) is 0 Å². The predicted molar refractivity (Wildman–Crippen MR) is 174 cm³/mol. The lowest BCUT2D eigenvalue weighted by atomic mass is 9.78. The smallest absolute Gasteiger partial charge is 0.337 e. The van der Waals surface area contributed by atoms with E-state index in [0.717, 1.165) is 40.2 Å². The molecule has 0 spiro atoms. The van der Waals surface area contributed by atoms with Crippen LogP contribution in [0, 0.1) is 11.6 Å². The van der Waals surface area contributed by atoms with Gasteiger partial charge in [-0.25, -0.2) is 45.5 Å². The lowest BCUT2D eigenvalue weighted by Crippen LogP contribution is -2.32. The van der Waals surface area contributed by atoms with Crippen molar-refractivity contribution < 1.29 is 67.3 Å². The van der Waals surface area contributed by atoms with Gasteiger partial charge in [0.05, 0.1) is 71.1 Å². The average Bonchev–Trinajstić information content (AvgIpc) is 3.69. The maximum Gasteiger partial charge on any atom is 0.337 e. The first-order valence-electron chi connectivity index (χ1n) is 15.7.